The standard InChI is InChI=1S/C18H16FN3OS/c1-12(13-7-9-20-10-8-13)22(2)18(23)16-11-24-17(21-16)14-5-3-4-6-15(14)19/h3-12H,1-2H3. The smallest absolute Gasteiger partial charge is 0.273 e. The van der Waals surface area contributed by atoms with E-state index in [0.29, 0.717) is 16.3 Å². The second-order valence-electron chi connectivity index (χ2n) is 5.39. The van der Waals surface area contributed by atoms with Crippen LogP contribution in [0.25, 0.3) is 10.6 Å². The van der Waals surface area contributed by atoms with Crippen molar-refractivity contribution in [3.63, 3.8) is 0 Å². The summed E-state index contributed by atoms with van der Waals surface area (Å²) in [6, 6.07) is 10.1. The van der Waals surface area contributed by atoms with Crippen LogP contribution in [0, 0.1) is 5.82 Å². The Morgan fingerprint density at radius 1 is 1.21 bits per heavy atom. The molecule has 122 valence electrons. The number of hydrogen-bond acceptors (Lipinski definition) is 4. The summed E-state index contributed by atoms with van der Waals surface area (Å²) in [4.78, 5) is 22.6. The monoisotopic (exact) mass is 341 g/mol. The van der Waals surface area contributed by atoms with E-state index in [1.807, 2.05) is 19.1 Å². The molecule has 2 aromatic heterocycles. The van der Waals surface area contributed by atoms with E-state index in [-0.39, 0.29) is 17.8 Å². The van der Waals surface area contributed by atoms with Crippen molar-refractivity contribution in [1.82, 2.24) is 14.9 Å². The number of nitrogens with zero attached hydrogens (tertiary/aromatic N) is 3. The topological polar surface area (TPSA) is 46.1 Å². The van der Waals surface area contributed by atoms with Crippen molar-refractivity contribution < 1.29 is 9.18 Å². The van der Waals surface area contributed by atoms with Gasteiger partial charge in [-0.25, -0.2) is 9.37 Å². The third kappa shape index (κ3) is 3.19. The molecule has 1 aromatic carbocycles. The molecule has 0 aliphatic heterocycles. The normalized spacial score (nSPS) is 12.0. The molecule has 1 unspecified atom stereocenters. The first kappa shape index (κ1) is 16.3. The van der Waals surface area contributed by atoms with Crippen molar-refractivity contribution in [2.24, 2.45) is 0 Å². The van der Waals surface area contributed by atoms with Crippen LogP contribution in [-0.4, -0.2) is 27.8 Å². The number of rotatable bonds is 4. The van der Waals surface area contributed by atoms with Crippen LogP contribution in [0.4, 0.5) is 4.39 Å². The number of amides is 1. The molecule has 3 aromatic rings. The molecule has 0 spiro atoms. The molecule has 0 saturated heterocycles. The Morgan fingerprint density at radius 2 is 1.92 bits per heavy atom. The van der Waals surface area contributed by atoms with E-state index in [9.17, 15) is 9.18 Å². The molecule has 1 amide bonds. The first-order valence-electron chi connectivity index (χ1n) is 7.45. The van der Waals surface area contributed by atoms with Gasteiger partial charge < -0.3 is 4.90 Å². The number of pyridine rings is 1. The Labute approximate surface area is 143 Å². The number of carbonyl (C=O) groups is 1. The lowest BCUT2D eigenvalue weighted by Gasteiger charge is -2.24. The van der Waals surface area contributed by atoms with Crippen molar-refractivity contribution in [3.8, 4) is 10.6 Å². The summed E-state index contributed by atoms with van der Waals surface area (Å²) in [6.07, 6.45) is 3.40. The van der Waals surface area contributed by atoms with Crippen molar-refractivity contribution in [3.05, 3.63) is 71.2 Å². The highest BCUT2D eigenvalue weighted by Crippen LogP contribution is 2.27. The van der Waals surface area contributed by atoms with Crippen LogP contribution in [0.1, 0.15) is 29.0 Å². The zero-order valence-corrected chi connectivity index (χ0v) is 14.1. The number of benzene rings is 1. The number of aromatic nitrogens is 2. The lowest BCUT2D eigenvalue weighted by Crippen LogP contribution is -2.29. The summed E-state index contributed by atoms with van der Waals surface area (Å²) in [5.74, 6) is -0.539. The van der Waals surface area contributed by atoms with Crippen molar-refractivity contribution in [1.29, 1.82) is 0 Å². The van der Waals surface area contributed by atoms with E-state index < -0.39 is 0 Å². The summed E-state index contributed by atoms with van der Waals surface area (Å²) in [7, 11) is 1.73. The van der Waals surface area contributed by atoms with Gasteiger partial charge in [0.25, 0.3) is 5.91 Å². The maximum atomic E-state index is 13.9. The highest BCUT2D eigenvalue weighted by atomic mass is 32.1. The number of thiazole rings is 1. The van der Waals surface area contributed by atoms with Gasteiger partial charge >= 0.3 is 0 Å². The molecule has 4 nitrogen and oxygen atoms in total. The van der Waals surface area contributed by atoms with E-state index >= 15 is 0 Å². The molecular weight excluding hydrogens is 325 g/mol. The lowest BCUT2D eigenvalue weighted by atomic mass is 10.1. The first-order valence-corrected chi connectivity index (χ1v) is 8.33. The van der Waals surface area contributed by atoms with Gasteiger partial charge in [0, 0.05) is 30.4 Å². The molecule has 0 aliphatic carbocycles. The van der Waals surface area contributed by atoms with E-state index in [1.165, 1.54) is 17.4 Å². The predicted molar refractivity (Wildman–Crippen MR) is 92.3 cm³/mol. The number of hydrogen-bond donors (Lipinski definition) is 0. The van der Waals surface area contributed by atoms with Gasteiger partial charge in [0.05, 0.1) is 6.04 Å². The minimum atomic E-state index is -0.343. The van der Waals surface area contributed by atoms with Gasteiger partial charge in [-0.2, -0.15) is 0 Å². The summed E-state index contributed by atoms with van der Waals surface area (Å²) >= 11 is 1.26. The third-order valence-electron chi connectivity index (χ3n) is 3.92. The van der Waals surface area contributed by atoms with Crippen LogP contribution in [0.3, 0.4) is 0 Å². The fraction of sp³-hybridized carbons (Fsp3) is 0.167. The molecule has 3 rings (SSSR count). The first-order chi connectivity index (χ1) is 11.6. The van der Waals surface area contributed by atoms with Crippen LogP contribution in [-0.2, 0) is 0 Å². The Morgan fingerprint density at radius 3 is 2.62 bits per heavy atom. The van der Waals surface area contributed by atoms with E-state index in [2.05, 4.69) is 9.97 Å². The largest absolute Gasteiger partial charge is 0.334 e. The molecule has 24 heavy (non-hydrogen) atoms. The Hall–Kier alpha value is -2.60. The van der Waals surface area contributed by atoms with Gasteiger partial charge in [0.15, 0.2) is 0 Å². The second-order valence-corrected chi connectivity index (χ2v) is 6.25. The van der Waals surface area contributed by atoms with E-state index in [4.69, 9.17) is 0 Å². The average molecular weight is 341 g/mol. The SMILES string of the molecule is CC(c1ccncc1)N(C)C(=O)c1csc(-c2ccccc2F)n1. The fourth-order valence-corrected chi connectivity index (χ4v) is 3.17. The summed E-state index contributed by atoms with van der Waals surface area (Å²) in [6.45, 7) is 1.94. The minimum Gasteiger partial charge on any atom is -0.334 e. The van der Waals surface area contributed by atoms with Gasteiger partial charge in [-0.1, -0.05) is 12.1 Å². The Kier molecular flexibility index (Phi) is 4.66. The molecule has 0 bridgehead atoms. The zero-order chi connectivity index (χ0) is 17.1. The molecule has 0 radical (unpaired) electrons. The molecule has 0 saturated carbocycles. The second kappa shape index (κ2) is 6.88. The van der Waals surface area contributed by atoms with E-state index in [0.717, 1.165) is 5.56 Å². The number of halogens is 1. The van der Waals surface area contributed by atoms with Crippen LogP contribution in [0.15, 0.2) is 54.2 Å². The van der Waals surface area contributed by atoms with Crippen molar-refractivity contribution >= 4 is 17.2 Å². The maximum Gasteiger partial charge on any atom is 0.273 e. The third-order valence-corrected chi connectivity index (χ3v) is 4.79. The molecule has 0 aliphatic rings. The van der Waals surface area contributed by atoms with Crippen molar-refractivity contribution in [2.45, 2.75) is 13.0 Å². The lowest BCUT2D eigenvalue weighted by molar-refractivity contribution is 0.0737. The molecule has 0 fully saturated rings. The molecule has 0 N–H and O–H groups in total. The van der Waals surface area contributed by atoms with Gasteiger partial charge in [0.2, 0.25) is 0 Å². The van der Waals surface area contributed by atoms with Gasteiger partial charge in [-0.05, 0) is 36.8 Å². The summed E-state index contributed by atoms with van der Waals surface area (Å²) in [5.41, 5.74) is 1.72. The van der Waals surface area contributed by atoms with Gasteiger partial charge in [-0.15, -0.1) is 11.3 Å². The zero-order valence-electron chi connectivity index (χ0n) is 13.3. The Bertz CT molecular complexity index is 850. The highest BCUT2D eigenvalue weighted by molar-refractivity contribution is 7.13. The number of carbonyl (C=O) groups excluding carboxylic acids is 1. The summed E-state index contributed by atoms with van der Waals surface area (Å²) in [5, 5.41) is 2.17. The maximum absolute atomic E-state index is 13.9. The van der Waals surface area contributed by atoms with Crippen LogP contribution < -0.4 is 0 Å². The van der Waals surface area contributed by atoms with Gasteiger partial charge in [-0.3, -0.25) is 9.78 Å². The highest BCUT2D eigenvalue weighted by Gasteiger charge is 2.22. The Balaban J connectivity index is 1.82. The molecule has 2 heterocycles. The quantitative estimate of drug-likeness (QED) is 0.715. The molecule has 6 heteroatoms. The van der Waals surface area contributed by atoms with Crippen molar-refractivity contribution in [2.75, 3.05) is 7.05 Å². The molecule has 1 atom stereocenters. The summed E-state index contributed by atoms with van der Waals surface area (Å²) < 4.78 is 13.9. The van der Waals surface area contributed by atoms with Gasteiger partial charge in [0.1, 0.15) is 16.5 Å². The average Bonchev–Trinajstić information content (AvgIpc) is 3.11. The molecular formula is C18H16FN3OS. The van der Waals surface area contributed by atoms with E-state index in [1.54, 1.807) is 47.9 Å². The van der Waals surface area contributed by atoms with Crippen LogP contribution in [0.2, 0.25) is 0 Å². The van der Waals surface area contributed by atoms with Crippen LogP contribution in [0.5, 0.6) is 0 Å². The fourth-order valence-electron chi connectivity index (χ4n) is 2.35. The van der Waals surface area contributed by atoms with Crippen LogP contribution >= 0.6 is 11.3 Å². The predicted octanol–water partition coefficient (Wildman–Crippen LogP) is 4.18. The minimum absolute atomic E-state index is 0.112.